The predicted molar refractivity (Wildman–Crippen MR) is 93.1 cm³/mol. The van der Waals surface area contributed by atoms with Crippen molar-refractivity contribution in [2.24, 2.45) is 0 Å². The molecule has 0 saturated carbocycles. The molecule has 1 amide bonds. The molecule has 128 valence electrons. The Balaban J connectivity index is 2.06. The molecule has 0 aromatic heterocycles. The van der Waals surface area contributed by atoms with Gasteiger partial charge in [-0.2, -0.15) is 0 Å². The van der Waals surface area contributed by atoms with Gasteiger partial charge in [-0.05, 0) is 43.5 Å². The van der Waals surface area contributed by atoms with E-state index in [1.807, 2.05) is 6.92 Å². The molecule has 2 rings (SSSR count). The van der Waals surface area contributed by atoms with E-state index in [4.69, 9.17) is 4.74 Å². The van der Waals surface area contributed by atoms with Crippen LogP contribution in [0.5, 0.6) is 0 Å². The summed E-state index contributed by atoms with van der Waals surface area (Å²) in [6.45, 7) is 2.75. The lowest BCUT2D eigenvalue weighted by Crippen LogP contribution is -2.42. The van der Waals surface area contributed by atoms with Crippen LogP contribution in [0.2, 0.25) is 0 Å². The highest BCUT2D eigenvalue weighted by molar-refractivity contribution is 9.10. The first-order valence-corrected chi connectivity index (χ1v) is 10.0. The molecule has 1 atom stereocenters. The zero-order valence-corrected chi connectivity index (χ0v) is 15.6. The minimum atomic E-state index is -3.55. The molecule has 8 heteroatoms. The van der Waals surface area contributed by atoms with Crippen LogP contribution in [0.4, 0.5) is 5.69 Å². The standard InChI is InChI=1S/C15H21BrN2O4S/c1-11-8-12(5-6-14(11)16)18(23(2,20)21)10-15(19)17-9-13-4-3-7-22-13/h5-6,8,13H,3-4,7,9-10H2,1-2H3,(H,17,19)/t13-/m1/s1. The van der Waals surface area contributed by atoms with E-state index in [-0.39, 0.29) is 18.6 Å². The number of hydrogen-bond acceptors (Lipinski definition) is 4. The van der Waals surface area contributed by atoms with Crippen molar-refractivity contribution in [2.75, 3.05) is 30.3 Å². The summed E-state index contributed by atoms with van der Waals surface area (Å²) in [5.74, 6) is -0.341. The molecule has 23 heavy (non-hydrogen) atoms. The van der Waals surface area contributed by atoms with E-state index in [1.54, 1.807) is 18.2 Å². The van der Waals surface area contributed by atoms with Crippen molar-refractivity contribution in [1.82, 2.24) is 5.32 Å². The Hall–Kier alpha value is -1.12. The van der Waals surface area contributed by atoms with Gasteiger partial charge in [0.1, 0.15) is 6.54 Å². The Bertz CT molecular complexity index is 672. The summed E-state index contributed by atoms with van der Waals surface area (Å²) in [7, 11) is -3.55. The van der Waals surface area contributed by atoms with Gasteiger partial charge in [0.05, 0.1) is 18.0 Å². The van der Waals surface area contributed by atoms with Crippen LogP contribution in [0.15, 0.2) is 22.7 Å². The molecule has 0 spiro atoms. The fourth-order valence-corrected chi connectivity index (χ4v) is 3.50. The van der Waals surface area contributed by atoms with Crippen molar-refractivity contribution in [3.63, 3.8) is 0 Å². The number of ether oxygens (including phenoxy) is 1. The van der Waals surface area contributed by atoms with Gasteiger partial charge in [-0.1, -0.05) is 15.9 Å². The third-order valence-corrected chi connectivity index (χ3v) is 5.70. The maximum atomic E-state index is 12.1. The van der Waals surface area contributed by atoms with Crippen molar-refractivity contribution >= 4 is 37.5 Å². The van der Waals surface area contributed by atoms with E-state index in [1.165, 1.54) is 0 Å². The van der Waals surface area contributed by atoms with Gasteiger partial charge >= 0.3 is 0 Å². The summed E-state index contributed by atoms with van der Waals surface area (Å²) < 4.78 is 31.5. The predicted octanol–water partition coefficient (Wildman–Crippen LogP) is 1.82. The number of rotatable bonds is 6. The average molecular weight is 405 g/mol. The van der Waals surface area contributed by atoms with Crippen molar-refractivity contribution in [3.8, 4) is 0 Å². The third-order valence-electron chi connectivity index (χ3n) is 3.67. The molecule has 0 aliphatic carbocycles. The van der Waals surface area contributed by atoms with Crippen LogP contribution < -0.4 is 9.62 Å². The Morgan fingerprint density at radius 1 is 1.48 bits per heavy atom. The molecule has 1 saturated heterocycles. The highest BCUT2D eigenvalue weighted by atomic mass is 79.9. The minimum Gasteiger partial charge on any atom is -0.376 e. The second-order valence-electron chi connectivity index (χ2n) is 5.64. The molecule has 0 radical (unpaired) electrons. The number of nitrogens with zero attached hydrogens (tertiary/aromatic N) is 1. The van der Waals surface area contributed by atoms with E-state index < -0.39 is 10.0 Å². The molecular weight excluding hydrogens is 384 g/mol. The van der Waals surface area contributed by atoms with Crippen molar-refractivity contribution < 1.29 is 17.9 Å². The zero-order chi connectivity index (χ0) is 17.0. The number of carbonyl (C=O) groups excluding carboxylic acids is 1. The number of sulfonamides is 1. The van der Waals surface area contributed by atoms with Crippen LogP contribution in [0.25, 0.3) is 0 Å². The summed E-state index contributed by atoms with van der Waals surface area (Å²) in [4.78, 5) is 12.1. The molecule has 1 aromatic carbocycles. The molecule has 0 bridgehead atoms. The van der Waals surface area contributed by atoms with Crippen molar-refractivity contribution in [2.45, 2.75) is 25.9 Å². The number of carbonyl (C=O) groups is 1. The minimum absolute atomic E-state index is 0.0283. The van der Waals surface area contributed by atoms with Gasteiger partial charge in [0.15, 0.2) is 0 Å². The Morgan fingerprint density at radius 3 is 2.78 bits per heavy atom. The fourth-order valence-electron chi connectivity index (χ4n) is 2.40. The number of aryl methyl sites for hydroxylation is 1. The Morgan fingerprint density at radius 2 is 2.22 bits per heavy atom. The average Bonchev–Trinajstić information content (AvgIpc) is 2.98. The topological polar surface area (TPSA) is 75.7 Å². The normalized spacial score (nSPS) is 18.0. The number of amides is 1. The Labute approximate surface area is 145 Å². The summed E-state index contributed by atoms with van der Waals surface area (Å²) in [6, 6.07) is 5.18. The van der Waals surface area contributed by atoms with Crippen LogP contribution in [0, 0.1) is 6.92 Å². The van der Waals surface area contributed by atoms with Crippen molar-refractivity contribution in [3.05, 3.63) is 28.2 Å². The Kier molecular flexibility index (Phi) is 6.05. The largest absolute Gasteiger partial charge is 0.376 e. The fraction of sp³-hybridized carbons (Fsp3) is 0.533. The molecular formula is C15H21BrN2O4S. The monoisotopic (exact) mass is 404 g/mol. The molecule has 1 aliphatic rings. The van der Waals surface area contributed by atoms with Gasteiger partial charge in [0.25, 0.3) is 0 Å². The summed E-state index contributed by atoms with van der Waals surface area (Å²) in [6.07, 6.45) is 3.04. The number of anilines is 1. The van der Waals surface area contributed by atoms with Crippen LogP contribution >= 0.6 is 15.9 Å². The summed E-state index contributed by atoms with van der Waals surface area (Å²) >= 11 is 3.38. The molecule has 1 aromatic rings. The first-order chi connectivity index (χ1) is 10.8. The molecule has 1 fully saturated rings. The van der Waals surface area contributed by atoms with Crippen LogP contribution in [0.3, 0.4) is 0 Å². The lowest BCUT2D eigenvalue weighted by Gasteiger charge is -2.23. The number of halogens is 1. The van der Waals surface area contributed by atoms with E-state index in [0.717, 1.165) is 33.4 Å². The van der Waals surface area contributed by atoms with Gasteiger partial charge in [-0.3, -0.25) is 9.10 Å². The highest BCUT2D eigenvalue weighted by Crippen LogP contribution is 2.24. The van der Waals surface area contributed by atoms with Crippen LogP contribution in [-0.4, -0.2) is 46.4 Å². The van der Waals surface area contributed by atoms with Crippen LogP contribution in [0.1, 0.15) is 18.4 Å². The van der Waals surface area contributed by atoms with E-state index in [9.17, 15) is 13.2 Å². The van der Waals surface area contributed by atoms with Gasteiger partial charge in [-0.25, -0.2) is 8.42 Å². The number of hydrogen-bond donors (Lipinski definition) is 1. The van der Waals surface area contributed by atoms with E-state index >= 15 is 0 Å². The maximum Gasteiger partial charge on any atom is 0.240 e. The van der Waals surface area contributed by atoms with Crippen molar-refractivity contribution in [1.29, 1.82) is 0 Å². The maximum absolute atomic E-state index is 12.1. The molecule has 1 aliphatic heterocycles. The first kappa shape index (κ1) is 18.2. The highest BCUT2D eigenvalue weighted by Gasteiger charge is 2.22. The van der Waals surface area contributed by atoms with E-state index in [2.05, 4.69) is 21.2 Å². The van der Waals surface area contributed by atoms with Gasteiger partial charge < -0.3 is 10.1 Å². The molecule has 1 N–H and O–H groups in total. The summed E-state index contributed by atoms with van der Waals surface area (Å²) in [5, 5.41) is 2.74. The zero-order valence-electron chi connectivity index (χ0n) is 13.2. The SMILES string of the molecule is Cc1cc(N(CC(=O)NC[C@H]2CCCO2)S(C)(=O)=O)ccc1Br. The lowest BCUT2D eigenvalue weighted by atomic mass is 10.2. The smallest absolute Gasteiger partial charge is 0.240 e. The third kappa shape index (κ3) is 5.19. The molecule has 1 heterocycles. The first-order valence-electron chi connectivity index (χ1n) is 7.39. The van der Waals surface area contributed by atoms with Crippen LogP contribution in [-0.2, 0) is 19.6 Å². The lowest BCUT2D eigenvalue weighted by molar-refractivity contribution is -0.120. The second kappa shape index (κ2) is 7.63. The quantitative estimate of drug-likeness (QED) is 0.784. The van der Waals surface area contributed by atoms with Gasteiger partial charge in [-0.15, -0.1) is 0 Å². The molecule has 6 nitrogen and oxygen atoms in total. The summed E-state index contributed by atoms with van der Waals surface area (Å²) in [5.41, 5.74) is 1.37. The second-order valence-corrected chi connectivity index (χ2v) is 8.40. The number of nitrogens with one attached hydrogen (secondary N) is 1. The molecule has 0 unspecified atom stereocenters. The van der Waals surface area contributed by atoms with Gasteiger partial charge in [0, 0.05) is 17.6 Å². The number of benzene rings is 1. The van der Waals surface area contributed by atoms with Gasteiger partial charge in [0.2, 0.25) is 15.9 Å². The van der Waals surface area contributed by atoms with E-state index in [0.29, 0.717) is 18.8 Å².